The van der Waals surface area contributed by atoms with Crippen LogP contribution >= 0.6 is 23.2 Å². The molecule has 1 aromatic carbocycles. The number of carboxylic acids is 1. The molecule has 0 spiro atoms. The van der Waals surface area contributed by atoms with Gasteiger partial charge in [0.25, 0.3) is 0 Å². The molecule has 0 unspecified atom stereocenters. The van der Waals surface area contributed by atoms with Gasteiger partial charge in [0, 0.05) is 11.1 Å². The number of carbonyl (C=O) groups excluding carboxylic acids is 1. The Bertz CT molecular complexity index is 543. The van der Waals surface area contributed by atoms with Gasteiger partial charge < -0.3 is 15.7 Å². The second-order valence-corrected chi connectivity index (χ2v) is 5.95. The zero-order valence-corrected chi connectivity index (χ0v) is 12.7. The first-order valence-corrected chi connectivity index (χ1v) is 7.46. The molecule has 1 aromatic rings. The molecule has 0 saturated heterocycles. The van der Waals surface area contributed by atoms with Crippen LogP contribution in [0.4, 0.5) is 10.5 Å². The zero-order valence-electron chi connectivity index (χ0n) is 11.2. The Kier molecular flexibility index (Phi) is 5.31. The fourth-order valence-electron chi connectivity index (χ4n) is 2.42. The molecule has 0 atom stereocenters. The quantitative estimate of drug-likeness (QED) is 0.789. The first-order valence-electron chi connectivity index (χ1n) is 6.71. The number of hydrogen-bond donors (Lipinski definition) is 3. The molecule has 1 saturated carbocycles. The second kappa shape index (κ2) is 7.00. The maximum Gasteiger partial charge on any atom is 0.319 e. The predicted octanol–water partition coefficient (Wildman–Crippen LogP) is 3.76. The first kappa shape index (κ1) is 15.9. The van der Waals surface area contributed by atoms with Crippen LogP contribution in [0.5, 0.6) is 0 Å². The van der Waals surface area contributed by atoms with Gasteiger partial charge in [-0.3, -0.25) is 4.79 Å². The van der Waals surface area contributed by atoms with Crippen LogP contribution < -0.4 is 10.6 Å². The summed E-state index contributed by atoms with van der Waals surface area (Å²) in [6, 6.07) is 4.47. The summed E-state index contributed by atoms with van der Waals surface area (Å²) in [5.41, 5.74) is 0.484. The highest BCUT2D eigenvalue weighted by atomic mass is 35.5. The molecular formula is C14H16Cl2N2O3. The number of urea groups is 1. The van der Waals surface area contributed by atoms with Crippen LogP contribution in [-0.2, 0) is 4.79 Å². The number of nitrogens with one attached hydrogen (secondary N) is 2. The number of rotatable bonds is 3. The normalized spacial score (nSPS) is 21.6. The van der Waals surface area contributed by atoms with Crippen molar-refractivity contribution in [3.63, 3.8) is 0 Å². The molecule has 1 aliphatic carbocycles. The van der Waals surface area contributed by atoms with Gasteiger partial charge in [0.2, 0.25) is 0 Å². The molecule has 0 aromatic heterocycles. The standard InChI is InChI=1S/C14H16Cl2N2O3/c15-9-3-6-12(11(16)7-9)18-14(21)17-10-4-1-8(2-5-10)13(19)20/h3,6-8,10H,1-2,4-5H2,(H,19,20)(H2,17,18,21). The van der Waals surface area contributed by atoms with Crippen molar-refractivity contribution in [3.8, 4) is 0 Å². The summed E-state index contributed by atoms with van der Waals surface area (Å²) in [4.78, 5) is 22.8. The second-order valence-electron chi connectivity index (χ2n) is 5.11. The molecule has 2 amide bonds. The topological polar surface area (TPSA) is 78.4 Å². The molecule has 0 aliphatic heterocycles. The molecule has 21 heavy (non-hydrogen) atoms. The van der Waals surface area contributed by atoms with Crippen LogP contribution in [0, 0.1) is 5.92 Å². The van der Waals surface area contributed by atoms with E-state index >= 15 is 0 Å². The van der Waals surface area contributed by atoms with Gasteiger partial charge in [-0.05, 0) is 43.9 Å². The van der Waals surface area contributed by atoms with Crippen molar-refractivity contribution in [2.75, 3.05) is 5.32 Å². The van der Waals surface area contributed by atoms with Crippen molar-refractivity contribution in [1.82, 2.24) is 5.32 Å². The maximum atomic E-state index is 11.9. The SMILES string of the molecule is O=C(Nc1ccc(Cl)cc1Cl)NC1CCC(C(=O)O)CC1. The molecule has 2 rings (SSSR count). The van der Waals surface area contributed by atoms with Crippen molar-refractivity contribution < 1.29 is 14.7 Å². The van der Waals surface area contributed by atoms with E-state index < -0.39 is 5.97 Å². The van der Waals surface area contributed by atoms with E-state index in [1.54, 1.807) is 18.2 Å². The molecule has 0 bridgehead atoms. The smallest absolute Gasteiger partial charge is 0.319 e. The zero-order chi connectivity index (χ0) is 15.4. The number of anilines is 1. The number of amides is 2. The third kappa shape index (κ3) is 4.51. The van der Waals surface area contributed by atoms with E-state index in [9.17, 15) is 9.59 Å². The molecule has 1 aliphatic rings. The summed E-state index contributed by atoms with van der Waals surface area (Å²) < 4.78 is 0. The summed E-state index contributed by atoms with van der Waals surface area (Å²) in [7, 11) is 0. The number of benzene rings is 1. The van der Waals surface area contributed by atoms with Gasteiger partial charge in [-0.15, -0.1) is 0 Å². The van der Waals surface area contributed by atoms with Crippen LogP contribution in [0.2, 0.25) is 10.0 Å². The Morgan fingerprint density at radius 1 is 1.14 bits per heavy atom. The summed E-state index contributed by atoms with van der Waals surface area (Å²) in [6.45, 7) is 0. The van der Waals surface area contributed by atoms with E-state index in [0.29, 0.717) is 41.4 Å². The van der Waals surface area contributed by atoms with Crippen LogP contribution in [0.3, 0.4) is 0 Å². The number of aliphatic carboxylic acids is 1. The highest BCUT2D eigenvalue weighted by Gasteiger charge is 2.26. The number of carbonyl (C=O) groups is 2. The summed E-state index contributed by atoms with van der Waals surface area (Å²) in [6.07, 6.45) is 2.50. The minimum absolute atomic E-state index is 0.00771. The van der Waals surface area contributed by atoms with E-state index in [4.69, 9.17) is 28.3 Å². The average Bonchev–Trinajstić information content (AvgIpc) is 2.42. The summed E-state index contributed by atoms with van der Waals surface area (Å²) in [5, 5.41) is 15.3. The van der Waals surface area contributed by atoms with E-state index in [1.807, 2.05) is 0 Å². The van der Waals surface area contributed by atoms with Crippen molar-refractivity contribution in [2.24, 2.45) is 5.92 Å². The lowest BCUT2D eigenvalue weighted by molar-refractivity contribution is -0.142. The van der Waals surface area contributed by atoms with Gasteiger partial charge in [-0.2, -0.15) is 0 Å². The fraction of sp³-hybridized carbons (Fsp3) is 0.429. The van der Waals surface area contributed by atoms with E-state index in [1.165, 1.54) is 0 Å². The Morgan fingerprint density at radius 2 is 1.81 bits per heavy atom. The Labute approximate surface area is 132 Å². The Hall–Kier alpha value is -1.46. The fourth-order valence-corrected chi connectivity index (χ4v) is 2.88. The van der Waals surface area contributed by atoms with Crippen molar-refractivity contribution in [1.29, 1.82) is 0 Å². The minimum Gasteiger partial charge on any atom is -0.481 e. The lowest BCUT2D eigenvalue weighted by Crippen LogP contribution is -2.41. The van der Waals surface area contributed by atoms with Gasteiger partial charge in [0.1, 0.15) is 0 Å². The maximum absolute atomic E-state index is 11.9. The molecule has 3 N–H and O–H groups in total. The van der Waals surface area contributed by atoms with Gasteiger partial charge in [0.15, 0.2) is 0 Å². The molecule has 7 heteroatoms. The Balaban J connectivity index is 1.84. The summed E-state index contributed by atoms with van der Waals surface area (Å²) in [5.74, 6) is -1.05. The van der Waals surface area contributed by atoms with Crippen molar-refractivity contribution in [3.05, 3.63) is 28.2 Å². The number of carboxylic acid groups (broad SMARTS) is 1. The molecule has 0 heterocycles. The molecule has 0 radical (unpaired) electrons. The van der Waals surface area contributed by atoms with E-state index in [-0.39, 0.29) is 18.0 Å². The highest BCUT2D eigenvalue weighted by Crippen LogP contribution is 2.26. The van der Waals surface area contributed by atoms with Crippen molar-refractivity contribution >= 4 is 40.9 Å². The predicted molar refractivity (Wildman–Crippen MR) is 82.0 cm³/mol. The van der Waals surface area contributed by atoms with Gasteiger partial charge in [-0.25, -0.2) is 4.79 Å². The largest absolute Gasteiger partial charge is 0.481 e. The molecular weight excluding hydrogens is 315 g/mol. The number of halogens is 2. The monoisotopic (exact) mass is 330 g/mol. The van der Waals surface area contributed by atoms with Gasteiger partial charge in [-0.1, -0.05) is 23.2 Å². The minimum atomic E-state index is -0.758. The lowest BCUT2D eigenvalue weighted by Gasteiger charge is -2.26. The first-order chi connectivity index (χ1) is 9.95. The third-order valence-corrected chi connectivity index (χ3v) is 4.14. The van der Waals surface area contributed by atoms with Crippen molar-refractivity contribution in [2.45, 2.75) is 31.7 Å². The lowest BCUT2D eigenvalue weighted by atomic mass is 9.86. The van der Waals surface area contributed by atoms with Crippen LogP contribution in [0.1, 0.15) is 25.7 Å². The van der Waals surface area contributed by atoms with Crippen LogP contribution in [-0.4, -0.2) is 23.1 Å². The van der Waals surface area contributed by atoms with Gasteiger partial charge >= 0.3 is 12.0 Å². The third-order valence-electron chi connectivity index (χ3n) is 3.59. The van der Waals surface area contributed by atoms with Crippen LogP contribution in [0.25, 0.3) is 0 Å². The summed E-state index contributed by atoms with van der Waals surface area (Å²) >= 11 is 11.8. The molecule has 5 nitrogen and oxygen atoms in total. The highest BCUT2D eigenvalue weighted by molar-refractivity contribution is 6.36. The van der Waals surface area contributed by atoms with Gasteiger partial charge in [0.05, 0.1) is 16.6 Å². The Morgan fingerprint density at radius 3 is 2.38 bits per heavy atom. The van der Waals surface area contributed by atoms with E-state index in [2.05, 4.69) is 10.6 Å². The average molecular weight is 331 g/mol. The molecule has 1 fully saturated rings. The molecule has 114 valence electrons. The van der Waals surface area contributed by atoms with E-state index in [0.717, 1.165) is 0 Å². The number of hydrogen-bond acceptors (Lipinski definition) is 2. The van der Waals surface area contributed by atoms with Crippen LogP contribution in [0.15, 0.2) is 18.2 Å².